The molecular weight excluding hydrogens is 365 g/mol. The Morgan fingerprint density at radius 1 is 0.852 bits per heavy atom. The summed E-state index contributed by atoms with van der Waals surface area (Å²) in [6.45, 7) is -0.369. The van der Waals surface area contributed by atoms with Crippen LogP contribution in [-0.4, -0.2) is 31.3 Å². The van der Waals surface area contributed by atoms with Gasteiger partial charge in [-0.25, -0.2) is 0 Å². The molecule has 27 heavy (non-hydrogen) atoms. The summed E-state index contributed by atoms with van der Waals surface area (Å²) in [5, 5.41) is 4.94. The highest BCUT2D eigenvalue weighted by Crippen LogP contribution is 2.22. The molecule has 6 nitrogen and oxygen atoms in total. The van der Waals surface area contributed by atoms with Crippen molar-refractivity contribution >= 4 is 11.8 Å². The Labute approximate surface area is 153 Å². The molecule has 9 heteroatoms. The molecular formula is C18H17F3N2O4. The second kappa shape index (κ2) is 9.46. The highest BCUT2D eigenvalue weighted by atomic mass is 19.4. The van der Waals surface area contributed by atoms with E-state index < -0.39 is 18.2 Å². The fraction of sp³-hybridized carbons (Fsp3) is 0.222. The summed E-state index contributed by atoms with van der Waals surface area (Å²) in [5.74, 6) is -0.709. The monoisotopic (exact) mass is 382 g/mol. The molecule has 0 aliphatic carbocycles. The third-order valence-corrected chi connectivity index (χ3v) is 3.21. The Bertz CT molecular complexity index is 749. The van der Waals surface area contributed by atoms with Crippen LogP contribution < -0.4 is 20.1 Å². The van der Waals surface area contributed by atoms with E-state index in [4.69, 9.17) is 4.74 Å². The van der Waals surface area contributed by atoms with Gasteiger partial charge in [0, 0.05) is 6.54 Å². The summed E-state index contributed by atoms with van der Waals surface area (Å²) in [6, 6.07) is 13.8. The second-order valence-electron chi connectivity index (χ2n) is 5.35. The van der Waals surface area contributed by atoms with E-state index in [2.05, 4.69) is 15.4 Å². The lowest BCUT2D eigenvalue weighted by Crippen LogP contribution is -2.38. The summed E-state index contributed by atoms with van der Waals surface area (Å²) in [4.78, 5) is 23.3. The molecule has 0 unspecified atom stereocenters. The van der Waals surface area contributed by atoms with Crippen molar-refractivity contribution in [3.05, 3.63) is 60.2 Å². The van der Waals surface area contributed by atoms with Gasteiger partial charge in [-0.3, -0.25) is 9.59 Å². The number of carbonyl (C=O) groups excluding carboxylic acids is 2. The van der Waals surface area contributed by atoms with Crippen LogP contribution in [0.25, 0.3) is 0 Å². The number of hydrogen-bond donors (Lipinski definition) is 2. The van der Waals surface area contributed by atoms with Crippen molar-refractivity contribution < 1.29 is 32.2 Å². The Balaban J connectivity index is 1.66. The lowest BCUT2D eigenvalue weighted by Gasteiger charge is -2.10. The molecule has 0 atom stereocenters. The summed E-state index contributed by atoms with van der Waals surface area (Å²) in [5.41, 5.74) is 0.580. The van der Waals surface area contributed by atoms with E-state index in [1.807, 2.05) is 6.07 Å². The van der Waals surface area contributed by atoms with Gasteiger partial charge in [-0.05, 0) is 29.8 Å². The van der Waals surface area contributed by atoms with Crippen molar-refractivity contribution in [2.75, 3.05) is 13.2 Å². The van der Waals surface area contributed by atoms with Gasteiger partial charge in [0.1, 0.15) is 11.5 Å². The zero-order valence-corrected chi connectivity index (χ0v) is 14.1. The summed E-state index contributed by atoms with van der Waals surface area (Å²) < 4.78 is 45.2. The minimum Gasteiger partial charge on any atom is -0.484 e. The Morgan fingerprint density at radius 2 is 1.52 bits per heavy atom. The van der Waals surface area contributed by atoms with E-state index in [-0.39, 0.29) is 25.4 Å². The number of rotatable bonds is 8. The smallest absolute Gasteiger partial charge is 0.484 e. The van der Waals surface area contributed by atoms with Gasteiger partial charge >= 0.3 is 6.36 Å². The van der Waals surface area contributed by atoms with E-state index in [9.17, 15) is 22.8 Å². The number of amides is 2. The third kappa shape index (κ3) is 8.13. The van der Waals surface area contributed by atoms with Crippen molar-refractivity contribution in [1.82, 2.24) is 10.6 Å². The van der Waals surface area contributed by atoms with Gasteiger partial charge < -0.3 is 20.1 Å². The van der Waals surface area contributed by atoms with E-state index in [1.165, 1.54) is 12.1 Å². The zero-order valence-electron chi connectivity index (χ0n) is 14.1. The van der Waals surface area contributed by atoms with E-state index >= 15 is 0 Å². The van der Waals surface area contributed by atoms with Gasteiger partial charge in [0.25, 0.3) is 5.91 Å². The SMILES string of the molecule is O=C(CNC(=O)COc1ccccc1)NCc1ccc(OC(F)(F)F)cc1. The normalized spacial score (nSPS) is 10.8. The minimum atomic E-state index is -4.75. The van der Waals surface area contributed by atoms with E-state index in [1.54, 1.807) is 24.3 Å². The summed E-state index contributed by atoms with van der Waals surface area (Å²) in [6.07, 6.45) is -4.75. The second-order valence-corrected chi connectivity index (χ2v) is 5.35. The largest absolute Gasteiger partial charge is 0.573 e. The molecule has 2 aromatic carbocycles. The number of benzene rings is 2. The predicted molar refractivity (Wildman–Crippen MR) is 89.9 cm³/mol. The van der Waals surface area contributed by atoms with E-state index in [0.29, 0.717) is 11.3 Å². The number of nitrogens with one attached hydrogen (secondary N) is 2. The molecule has 0 aliphatic rings. The van der Waals surface area contributed by atoms with Crippen LogP contribution in [0.1, 0.15) is 5.56 Å². The molecule has 0 bridgehead atoms. The summed E-state index contributed by atoms with van der Waals surface area (Å²) in [7, 11) is 0. The van der Waals surface area contributed by atoms with Gasteiger partial charge in [-0.1, -0.05) is 30.3 Å². The standard InChI is InChI=1S/C18H17F3N2O4/c19-18(20,21)27-15-8-6-13(7-9-15)10-22-16(24)11-23-17(25)12-26-14-4-2-1-3-5-14/h1-9H,10-12H2,(H,22,24)(H,23,25). The van der Waals surface area contributed by atoms with Crippen LogP contribution in [0.5, 0.6) is 11.5 Å². The zero-order chi connectivity index (χ0) is 19.7. The van der Waals surface area contributed by atoms with Crippen LogP contribution in [0.15, 0.2) is 54.6 Å². The van der Waals surface area contributed by atoms with Crippen LogP contribution in [0.2, 0.25) is 0 Å². The molecule has 0 heterocycles. The molecule has 2 rings (SSSR count). The Kier molecular flexibility index (Phi) is 7.04. The number of para-hydroxylation sites is 1. The van der Waals surface area contributed by atoms with Gasteiger partial charge in [0.15, 0.2) is 6.61 Å². The molecule has 0 aromatic heterocycles. The van der Waals surface area contributed by atoms with Crippen molar-refractivity contribution in [3.8, 4) is 11.5 Å². The molecule has 0 radical (unpaired) electrons. The molecule has 0 fully saturated rings. The minimum absolute atomic E-state index is 0.0987. The lowest BCUT2D eigenvalue weighted by molar-refractivity contribution is -0.274. The first-order valence-corrected chi connectivity index (χ1v) is 7.88. The molecule has 2 amide bonds. The Hall–Kier alpha value is -3.23. The number of carbonyl (C=O) groups is 2. The van der Waals surface area contributed by atoms with Gasteiger partial charge in [-0.15, -0.1) is 13.2 Å². The van der Waals surface area contributed by atoms with Gasteiger partial charge in [0.2, 0.25) is 5.91 Å². The van der Waals surface area contributed by atoms with Crippen LogP contribution in [0.3, 0.4) is 0 Å². The molecule has 2 aromatic rings. The van der Waals surface area contributed by atoms with Gasteiger partial charge in [0.05, 0.1) is 6.54 Å². The first-order valence-electron chi connectivity index (χ1n) is 7.88. The average Bonchev–Trinajstić information content (AvgIpc) is 2.63. The number of hydrogen-bond acceptors (Lipinski definition) is 4. The first-order chi connectivity index (χ1) is 12.8. The third-order valence-electron chi connectivity index (χ3n) is 3.21. The Morgan fingerprint density at radius 3 is 2.15 bits per heavy atom. The first kappa shape index (κ1) is 20.1. The average molecular weight is 382 g/mol. The number of halogens is 3. The van der Waals surface area contributed by atoms with Crippen molar-refractivity contribution in [3.63, 3.8) is 0 Å². The maximum atomic E-state index is 12.1. The summed E-state index contributed by atoms with van der Waals surface area (Å²) >= 11 is 0. The van der Waals surface area contributed by atoms with Crippen molar-refractivity contribution in [2.24, 2.45) is 0 Å². The molecule has 0 spiro atoms. The van der Waals surface area contributed by atoms with Gasteiger partial charge in [-0.2, -0.15) is 0 Å². The topological polar surface area (TPSA) is 76.7 Å². The molecule has 144 valence electrons. The van der Waals surface area contributed by atoms with Crippen LogP contribution >= 0.6 is 0 Å². The maximum Gasteiger partial charge on any atom is 0.573 e. The maximum absolute atomic E-state index is 12.1. The quantitative estimate of drug-likeness (QED) is 0.735. The number of ether oxygens (including phenoxy) is 2. The van der Waals surface area contributed by atoms with Crippen molar-refractivity contribution in [1.29, 1.82) is 0 Å². The number of alkyl halides is 3. The predicted octanol–water partition coefficient (Wildman–Crippen LogP) is 2.40. The highest BCUT2D eigenvalue weighted by molar-refractivity contribution is 5.85. The molecule has 0 aliphatic heterocycles. The molecule has 0 saturated carbocycles. The van der Waals surface area contributed by atoms with Crippen molar-refractivity contribution in [2.45, 2.75) is 12.9 Å². The fourth-order valence-corrected chi connectivity index (χ4v) is 1.97. The van der Waals surface area contributed by atoms with Crippen LogP contribution in [-0.2, 0) is 16.1 Å². The lowest BCUT2D eigenvalue weighted by atomic mass is 10.2. The van der Waals surface area contributed by atoms with Crippen LogP contribution in [0, 0.1) is 0 Å². The van der Waals surface area contributed by atoms with Crippen LogP contribution in [0.4, 0.5) is 13.2 Å². The fourth-order valence-electron chi connectivity index (χ4n) is 1.97. The molecule has 0 saturated heterocycles. The molecule has 2 N–H and O–H groups in total. The van der Waals surface area contributed by atoms with E-state index in [0.717, 1.165) is 12.1 Å². The highest BCUT2D eigenvalue weighted by Gasteiger charge is 2.30.